The predicted molar refractivity (Wildman–Crippen MR) is 83.1 cm³/mol. The van der Waals surface area contributed by atoms with Crippen molar-refractivity contribution in [2.45, 2.75) is 20.4 Å². The molecule has 4 nitrogen and oxygen atoms in total. The zero-order valence-electron chi connectivity index (χ0n) is 12.4. The molecule has 3 aromatic rings. The largest absolute Gasteiger partial charge is 0.347 e. The fourth-order valence-corrected chi connectivity index (χ4v) is 2.31. The number of halogens is 1. The van der Waals surface area contributed by atoms with E-state index in [4.69, 9.17) is 0 Å². The van der Waals surface area contributed by atoms with Gasteiger partial charge in [-0.3, -0.25) is 9.89 Å². The zero-order valence-corrected chi connectivity index (χ0v) is 12.4. The van der Waals surface area contributed by atoms with Gasteiger partial charge in [-0.2, -0.15) is 5.10 Å². The fraction of sp³-hybridized carbons (Fsp3) is 0.176. The van der Waals surface area contributed by atoms with Gasteiger partial charge < -0.3 is 5.32 Å². The van der Waals surface area contributed by atoms with Crippen molar-refractivity contribution >= 4 is 16.8 Å². The molecule has 0 saturated heterocycles. The first-order valence-corrected chi connectivity index (χ1v) is 7.02. The van der Waals surface area contributed by atoms with Gasteiger partial charge in [0.2, 0.25) is 0 Å². The van der Waals surface area contributed by atoms with Gasteiger partial charge in [-0.15, -0.1) is 0 Å². The quantitative estimate of drug-likeness (QED) is 0.779. The van der Waals surface area contributed by atoms with Gasteiger partial charge in [-0.25, -0.2) is 4.39 Å². The smallest absolute Gasteiger partial charge is 0.272 e. The van der Waals surface area contributed by atoms with Crippen molar-refractivity contribution < 1.29 is 9.18 Å². The Bertz CT molecular complexity index is 854. The van der Waals surface area contributed by atoms with Gasteiger partial charge in [0.1, 0.15) is 5.82 Å². The number of nitrogens with zero attached hydrogens (tertiary/aromatic N) is 1. The van der Waals surface area contributed by atoms with Crippen molar-refractivity contribution in [3.8, 4) is 0 Å². The van der Waals surface area contributed by atoms with Crippen LogP contribution in [0.3, 0.4) is 0 Å². The summed E-state index contributed by atoms with van der Waals surface area (Å²) in [7, 11) is 0. The number of carbonyl (C=O) groups is 1. The van der Waals surface area contributed by atoms with Crippen molar-refractivity contribution in [1.82, 2.24) is 15.5 Å². The summed E-state index contributed by atoms with van der Waals surface area (Å²) in [5.41, 5.74) is 3.53. The van der Waals surface area contributed by atoms with Crippen LogP contribution >= 0.6 is 0 Å². The molecule has 1 aromatic heterocycles. The third-order valence-electron chi connectivity index (χ3n) is 3.62. The number of hydrogen-bond donors (Lipinski definition) is 2. The zero-order chi connectivity index (χ0) is 15.7. The highest BCUT2D eigenvalue weighted by Crippen LogP contribution is 2.17. The van der Waals surface area contributed by atoms with Gasteiger partial charge in [0, 0.05) is 11.9 Å². The Morgan fingerprint density at radius 2 is 2.05 bits per heavy atom. The molecule has 112 valence electrons. The monoisotopic (exact) mass is 297 g/mol. The first-order valence-electron chi connectivity index (χ1n) is 7.02. The minimum absolute atomic E-state index is 0.260. The van der Waals surface area contributed by atoms with Crippen molar-refractivity contribution in [1.29, 1.82) is 0 Å². The number of aromatic amines is 1. The summed E-state index contributed by atoms with van der Waals surface area (Å²) >= 11 is 0. The van der Waals surface area contributed by atoms with Crippen LogP contribution in [0.15, 0.2) is 36.4 Å². The summed E-state index contributed by atoms with van der Waals surface area (Å²) in [5.74, 6) is -0.551. The molecule has 0 fully saturated rings. The molecule has 22 heavy (non-hydrogen) atoms. The van der Waals surface area contributed by atoms with Gasteiger partial charge in [0.05, 0.1) is 5.52 Å². The summed E-state index contributed by atoms with van der Waals surface area (Å²) in [6.45, 7) is 3.93. The Morgan fingerprint density at radius 1 is 1.23 bits per heavy atom. The second-order valence-electron chi connectivity index (χ2n) is 5.39. The van der Waals surface area contributed by atoms with Gasteiger partial charge in [-0.1, -0.05) is 23.8 Å². The van der Waals surface area contributed by atoms with Gasteiger partial charge in [-0.05, 0) is 43.2 Å². The number of carbonyl (C=O) groups excluding carboxylic acids is 1. The van der Waals surface area contributed by atoms with Crippen LogP contribution < -0.4 is 5.32 Å². The number of hydrogen-bond acceptors (Lipinski definition) is 2. The van der Waals surface area contributed by atoms with E-state index in [1.807, 2.05) is 25.1 Å². The number of fused-ring (bicyclic) bond motifs is 1. The molecule has 1 heterocycles. The molecular weight excluding hydrogens is 281 g/mol. The van der Waals surface area contributed by atoms with Crippen molar-refractivity contribution in [2.75, 3.05) is 0 Å². The van der Waals surface area contributed by atoms with E-state index in [2.05, 4.69) is 15.5 Å². The van der Waals surface area contributed by atoms with Crippen LogP contribution in [0.25, 0.3) is 10.9 Å². The van der Waals surface area contributed by atoms with E-state index in [9.17, 15) is 9.18 Å². The number of benzene rings is 2. The lowest BCUT2D eigenvalue weighted by Crippen LogP contribution is -2.23. The Balaban J connectivity index is 1.78. The molecule has 0 aliphatic rings. The van der Waals surface area contributed by atoms with Crippen LogP contribution in [-0.2, 0) is 6.54 Å². The summed E-state index contributed by atoms with van der Waals surface area (Å²) in [6.07, 6.45) is 0. The fourth-order valence-electron chi connectivity index (χ4n) is 2.31. The van der Waals surface area contributed by atoms with Crippen molar-refractivity contribution in [2.24, 2.45) is 0 Å². The highest BCUT2D eigenvalue weighted by molar-refractivity contribution is 6.04. The second kappa shape index (κ2) is 5.60. The Labute approximate surface area is 127 Å². The van der Waals surface area contributed by atoms with E-state index >= 15 is 0 Å². The minimum atomic E-state index is -0.280. The van der Waals surface area contributed by atoms with Gasteiger partial charge in [0.15, 0.2) is 5.69 Å². The number of aromatic nitrogens is 2. The van der Waals surface area contributed by atoms with E-state index in [-0.39, 0.29) is 18.3 Å². The average Bonchev–Trinajstić information content (AvgIpc) is 2.91. The van der Waals surface area contributed by atoms with Crippen LogP contribution in [-0.4, -0.2) is 16.1 Å². The number of H-pyrrole nitrogens is 1. The van der Waals surface area contributed by atoms with Crippen LogP contribution in [0, 0.1) is 19.7 Å². The van der Waals surface area contributed by atoms with Gasteiger partial charge in [0.25, 0.3) is 5.91 Å². The standard InChI is InChI=1S/C17H16FN3O/c1-10-3-6-15-13(7-10)16(21-20-15)17(22)19-9-12-5-4-11(2)14(18)8-12/h3-8H,9H2,1-2H3,(H,19,22)(H,20,21). The van der Waals surface area contributed by atoms with Crippen LogP contribution in [0.2, 0.25) is 0 Å². The molecule has 1 amide bonds. The first-order chi connectivity index (χ1) is 10.5. The maximum atomic E-state index is 13.5. The molecule has 2 aromatic carbocycles. The maximum Gasteiger partial charge on any atom is 0.272 e. The lowest BCUT2D eigenvalue weighted by atomic mass is 10.1. The van der Waals surface area contributed by atoms with E-state index in [1.54, 1.807) is 19.1 Å². The van der Waals surface area contributed by atoms with E-state index in [0.717, 1.165) is 16.5 Å². The molecule has 0 atom stereocenters. The Hall–Kier alpha value is -2.69. The normalized spacial score (nSPS) is 10.9. The van der Waals surface area contributed by atoms with E-state index < -0.39 is 0 Å². The lowest BCUT2D eigenvalue weighted by molar-refractivity contribution is 0.0947. The lowest BCUT2D eigenvalue weighted by Gasteiger charge is -2.05. The predicted octanol–water partition coefficient (Wildman–Crippen LogP) is 3.25. The molecule has 0 bridgehead atoms. The molecule has 0 unspecified atom stereocenters. The van der Waals surface area contributed by atoms with Crippen LogP contribution in [0.1, 0.15) is 27.2 Å². The Kier molecular flexibility index (Phi) is 3.63. The number of amides is 1. The average molecular weight is 297 g/mol. The second-order valence-corrected chi connectivity index (χ2v) is 5.39. The SMILES string of the molecule is Cc1ccc2[nH]nc(C(=O)NCc3ccc(C)c(F)c3)c2c1. The maximum absolute atomic E-state index is 13.5. The molecule has 5 heteroatoms. The molecule has 0 spiro atoms. The number of nitrogens with one attached hydrogen (secondary N) is 2. The molecule has 0 saturated carbocycles. The van der Waals surface area contributed by atoms with Gasteiger partial charge >= 0.3 is 0 Å². The van der Waals surface area contributed by atoms with Crippen molar-refractivity contribution in [3.05, 3.63) is 64.6 Å². The summed E-state index contributed by atoms with van der Waals surface area (Å²) in [6, 6.07) is 10.7. The third kappa shape index (κ3) is 2.70. The Morgan fingerprint density at radius 3 is 2.82 bits per heavy atom. The molecule has 2 N–H and O–H groups in total. The molecular formula is C17H16FN3O. The molecule has 0 radical (unpaired) electrons. The van der Waals surface area contributed by atoms with Crippen molar-refractivity contribution in [3.63, 3.8) is 0 Å². The number of aryl methyl sites for hydroxylation is 2. The summed E-state index contributed by atoms with van der Waals surface area (Å²) in [4.78, 5) is 12.3. The van der Waals surface area contributed by atoms with E-state index in [1.165, 1.54) is 6.07 Å². The van der Waals surface area contributed by atoms with E-state index in [0.29, 0.717) is 16.8 Å². The number of rotatable bonds is 3. The first kappa shape index (κ1) is 14.3. The molecule has 3 rings (SSSR count). The molecule has 0 aliphatic carbocycles. The van der Waals surface area contributed by atoms with Crippen LogP contribution in [0.5, 0.6) is 0 Å². The highest BCUT2D eigenvalue weighted by atomic mass is 19.1. The highest BCUT2D eigenvalue weighted by Gasteiger charge is 2.14. The van der Waals surface area contributed by atoms with Crippen LogP contribution in [0.4, 0.5) is 4.39 Å². The third-order valence-corrected chi connectivity index (χ3v) is 3.62. The summed E-state index contributed by atoms with van der Waals surface area (Å²) < 4.78 is 13.5. The topological polar surface area (TPSA) is 57.8 Å². The summed E-state index contributed by atoms with van der Waals surface area (Å²) in [5, 5.41) is 10.5. The molecule has 0 aliphatic heterocycles. The minimum Gasteiger partial charge on any atom is -0.347 e.